The lowest BCUT2D eigenvalue weighted by Crippen LogP contribution is -2.64. The maximum atomic E-state index is 13.3. The standard InChI is InChI=1S/C21H21ClN2O8.C4H4O4/c1-24(2)14-7-5-6-10(16(27)12-9(25)4-3-8(22)11(12)15(6)26)18(29)21(7,32)19(30)13(17(14)28)20(23)31;5-3(6)1-2-4(7)8/h3-4,6-7,14-15,25-26,28-29,32H,5H2,1-2H3,(H2,23,31);1-2H,(H,5,6)(H,7,8)/b;2-1-/t6-,7-,14-,15-,21-;/m0./s1. The Labute approximate surface area is 230 Å². The van der Waals surface area contributed by atoms with Crippen molar-refractivity contribution in [3.8, 4) is 5.75 Å². The highest BCUT2D eigenvalue weighted by molar-refractivity contribution is 6.33. The van der Waals surface area contributed by atoms with Crippen molar-refractivity contribution < 1.29 is 59.7 Å². The van der Waals surface area contributed by atoms with Gasteiger partial charge in [-0.1, -0.05) is 11.6 Å². The number of primary amides is 1. The number of nitrogens with zero attached hydrogens (tertiary/aromatic N) is 1. The van der Waals surface area contributed by atoms with E-state index in [4.69, 9.17) is 27.5 Å². The van der Waals surface area contributed by atoms with Crippen LogP contribution in [-0.4, -0.2) is 95.8 Å². The fourth-order valence-electron chi connectivity index (χ4n) is 5.39. The number of aliphatic hydroxyl groups excluding tert-OH is 3. The summed E-state index contributed by atoms with van der Waals surface area (Å²) >= 11 is 6.17. The van der Waals surface area contributed by atoms with Crippen LogP contribution < -0.4 is 5.73 Å². The van der Waals surface area contributed by atoms with Gasteiger partial charge in [0.15, 0.2) is 11.4 Å². The number of carboxylic acid groups (broad SMARTS) is 2. The number of amides is 1. The number of hydrogen-bond acceptors (Lipinski definition) is 11. The van der Waals surface area contributed by atoms with Crippen LogP contribution in [0.2, 0.25) is 5.02 Å². The number of fused-ring (bicyclic) bond motifs is 3. The number of carbonyl (C=O) groups excluding carboxylic acids is 3. The molecule has 14 nitrogen and oxygen atoms in total. The predicted molar refractivity (Wildman–Crippen MR) is 134 cm³/mol. The van der Waals surface area contributed by atoms with E-state index >= 15 is 0 Å². The summed E-state index contributed by atoms with van der Waals surface area (Å²) in [7, 11) is 3.03. The smallest absolute Gasteiger partial charge is 0.328 e. The van der Waals surface area contributed by atoms with Crippen molar-refractivity contribution in [2.24, 2.45) is 17.6 Å². The summed E-state index contributed by atoms with van der Waals surface area (Å²) in [6, 6.07) is 1.30. The summed E-state index contributed by atoms with van der Waals surface area (Å²) in [6.07, 6.45) is -0.589. The van der Waals surface area contributed by atoms with Crippen molar-refractivity contribution in [1.29, 1.82) is 0 Å². The number of aliphatic carboxylic acids is 2. The van der Waals surface area contributed by atoms with Crippen molar-refractivity contribution in [3.05, 3.63) is 63.1 Å². The number of ketones is 2. The molecule has 214 valence electrons. The number of hydrogen-bond donors (Lipinski definition) is 8. The molecule has 40 heavy (non-hydrogen) atoms. The van der Waals surface area contributed by atoms with E-state index in [9.17, 15) is 49.5 Å². The molecule has 1 amide bonds. The Bertz CT molecular complexity index is 1410. The highest BCUT2D eigenvalue weighted by Gasteiger charge is 2.64. The van der Waals surface area contributed by atoms with Gasteiger partial charge < -0.3 is 41.5 Å². The third-order valence-corrected chi connectivity index (χ3v) is 7.34. The van der Waals surface area contributed by atoms with Gasteiger partial charge in [-0.05, 0) is 32.6 Å². The van der Waals surface area contributed by atoms with Crippen LogP contribution in [0.4, 0.5) is 0 Å². The molecule has 0 aliphatic heterocycles. The van der Waals surface area contributed by atoms with Gasteiger partial charge in [0.05, 0.1) is 17.7 Å². The molecule has 0 radical (unpaired) electrons. The lowest BCUT2D eigenvalue weighted by molar-refractivity contribution is -0.149. The quantitative estimate of drug-likeness (QED) is 0.172. The van der Waals surface area contributed by atoms with Crippen molar-refractivity contribution in [1.82, 2.24) is 4.90 Å². The van der Waals surface area contributed by atoms with Crippen LogP contribution in [0.3, 0.4) is 0 Å². The Balaban J connectivity index is 0.000000482. The van der Waals surface area contributed by atoms with E-state index in [1.54, 1.807) is 0 Å². The number of carboxylic acids is 2. The third kappa shape index (κ3) is 4.70. The Morgan fingerprint density at radius 3 is 2.10 bits per heavy atom. The van der Waals surface area contributed by atoms with E-state index in [0.29, 0.717) is 12.2 Å². The summed E-state index contributed by atoms with van der Waals surface area (Å²) in [5.74, 6) is -10.7. The van der Waals surface area contributed by atoms with Gasteiger partial charge in [-0.25, -0.2) is 9.59 Å². The fraction of sp³-hybridized carbons (Fsp3) is 0.320. The first-order chi connectivity index (χ1) is 18.5. The molecule has 4 rings (SSSR count). The Kier molecular flexibility index (Phi) is 8.13. The highest BCUT2D eigenvalue weighted by Crippen LogP contribution is 2.55. The summed E-state index contributed by atoms with van der Waals surface area (Å²) < 4.78 is 0. The molecule has 3 aliphatic rings. The molecule has 9 N–H and O–H groups in total. The van der Waals surface area contributed by atoms with E-state index in [0.717, 1.165) is 6.07 Å². The summed E-state index contributed by atoms with van der Waals surface area (Å²) in [5, 5.41) is 70.1. The normalized spacial score (nSPS) is 27.6. The van der Waals surface area contributed by atoms with Crippen LogP contribution in [0, 0.1) is 11.8 Å². The molecular weight excluding hydrogens is 556 g/mol. The lowest BCUT2D eigenvalue weighted by atomic mass is 9.58. The van der Waals surface area contributed by atoms with Gasteiger partial charge in [0.25, 0.3) is 5.91 Å². The number of aliphatic hydroxyl groups is 4. The molecule has 0 bridgehead atoms. The first kappa shape index (κ1) is 30.3. The zero-order valence-corrected chi connectivity index (χ0v) is 21.7. The van der Waals surface area contributed by atoms with E-state index in [2.05, 4.69) is 0 Å². The molecule has 1 aromatic carbocycles. The van der Waals surface area contributed by atoms with Gasteiger partial charge in [-0.15, -0.1) is 0 Å². The number of phenols is 1. The second-order valence-electron chi connectivity index (χ2n) is 9.48. The van der Waals surface area contributed by atoms with Crippen LogP contribution in [0.25, 0.3) is 0 Å². The van der Waals surface area contributed by atoms with Crippen LogP contribution in [0.1, 0.15) is 28.4 Å². The zero-order valence-electron chi connectivity index (χ0n) is 20.9. The molecule has 0 saturated heterocycles. The zero-order chi connectivity index (χ0) is 30.4. The summed E-state index contributed by atoms with van der Waals surface area (Å²) in [6.45, 7) is 0. The van der Waals surface area contributed by atoms with Crippen LogP contribution in [0.15, 0.2) is 46.9 Å². The predicted octanol–water partition coefficient (Wildman–Crippen LogP) is -0.0233. The summed E-state index contributed by atoms with van der Waals surface area (Å²) in [4.78, 5) is 58.8. The highest BCUT2D eigenvalue weighted by atomic mass is 35.5. The van der Waals surface area contributed by atoms with Crippen molar-refractivity contribution >= 4 is 41.0 Å². The summed E-state index contributed by atoms with van der Waals surface area (Å²) in [5.41, 5.74) is 0.739. The third-order valence-electron chi connectivity index (χ3n) is 7.01. The van der Waals surface area contributed by atoms with Gasteiger partial charge in [-0.2, -0.15) is 0 Å². The number of benzene rings is 1. The molecule has 0 saturated carbocycles. The molecule has 0 unspecified atom stereocenters. The minimum atomic E-state index is -2.77. The molecule has 0 aromatic heterocycles. The molecule has 0 spiro atoms. The van der Waals surface area contributed by atoms with Gasteiger partial charge in [0.1, 0.15) is 22.8 Å². The molecule has 1 aromatic rings. The lowest BCUT2D eigenvalue weighted by Gasteiger charge is -2.50. The van der Waals surface area contributed by atoms with Crippen LogP contribution in [0.5, 0.6) is 5.75 Å². The van der Waals surface area contributed by atoms with Crippen molar-refractivity contribution in [2.75, 3.05) is 14.1 Å². The van der Waals surface area contributed by atoms with E-state index in [-0.39, 0.29) is 22.6 Å². The van der Waals surface area contributed by atoms with Crippen LogP contribution in [-0.2, 0) is 19.2 Å². The fourth-order valence-corrected chi connectivity index (χ4v) is 5.66. The van der Waals surface area contributed by atoms with Crippen LogP contribution >= 0.6 is 11.6 Å². The molecule has 0 fully saturated rings. The van der Waals surface area contributed by atoms with Crippen molar-refractivity contribution in [2.45, 2.75) is 24.2 Å². The van der Waals surface area contributed by atoms with Gasteiger partial charge in [-0.3, -0.25) is 19.3 Å². The van der Waals surface area contributed by atoms with Gasteiger partial charge in [0, 0.05) is 40.1 Å². The molecule has 5 atom stereocenters. The first-order valence-electron chi connectivity index (χ1n) is 11.5. The number of phenolic OH excluding ortho intramolecular Hbond substituents is 1. The maximum Gasteiger partial charge on any atom is 0.328 e. The minimum absolute atomic E-state index is 0.0145. The maximum absolute atomic E-state index is 13.3. The largest absolute Gasteiger partial charge is 0.510 e. The number of carbonyl (C=O) groups is 5. The second kappa shape index (κ2) is 10.7. The molecule has 0 heterocycles. The number of nitrogens with two attached hydrogens (primary N) is 1. The van der Waals surface area contributed by atoms with E-state index in [1.165, 1.54) is 25.1 Å². The number of halogens is 1. The Hall–Kier alpha value is -4.24. The van der Waals surface area contributed by atoms with Gasteiger partial charge in [0.2, 0.25) is 5.78 Å². The monoisotopic (exact) mass is 580 g/mol. The minimum Gasteiger partial charge on any atom is -0.510 e. The number of aromatic hydroxyl groups is 1. The average Bonchev–Trinajstić information content (AvgIpc) is 2.84. The topological polar surface area (TPSA) is 256 Å². The molecule has 3 aliphatic carbocycles. The average molecular weight is 581 g/mol. The van der Waals surface area contributed by atoms with Gasteiger partial charge >= 0.3 is 11.9 Å². The number of Topliss-reactive ketones (excluding diaryl/α,β-unsaturated/α-hetero) is 2. The number of rotatable bonds is 4. The Morgan fingerprint density at radius 2 is 1.62 bits per heavy atom. The van der Waals surface area contributed by atoms with E-state index in [1.807, 2.05) is 0 Å². The van der Waals surface area contributed by atoms with Crippen molar-refractivity contribution in [3.63, 3.8) is 0 Å². The van der Waals surface area contributed by atoms with E-state index < -0.39 is 87.4 Å². The first-order valence-corrected chi connectivity index (χ1v) is 11.8. The Morgan fingerprint density at radius 1 is 1.07 bits per heavy atom. The SMILES string of the molecule is CN(C)[C@@H]1C(O)=C(C(N)=O)C(=O)[C@@]2(O)C(O)=C3C(=O)c4c(O)ccc(Cl)c4[C@@H](O)[C@H]3C[C@@H]12.O=C(O)/C=C\C(=O)O. The molecule has 15 heteroatoms. The number of likely N-dealkylation sites (N-methyl/N-ethyl adjacent to an activating group) is 1. The molecular formula is C25H25ClN2O12. The second-order valence-corrected chi connectivity index (χ2v) is 9.89.